The monoisotopic (exact) mass is 596 g/mol. The van der Waals surface area contributed by atoms with Gasteiger partial charge in [0.1, 0.15) is 0 Å². The van der Waals surface area contributed by atoms with Gasteiger partial charge in [0.05, 0.1) is 0 Å². The van der Waals surface area contributed by atoms with Crippen LogP contribution in [0.1, 0.15) is 0 Å². The Hall–Kier alpha value is 0.970. The number of hydrogen-bond acceptors (Lipinski definition) is 16. The first kappa shape index (κ1) is 36.1. The van der Waals surface area contributed by atoms with Crippen molar-refractivity contribution in [1.82, 2.24) is 0 Å². The Morgan fingerprint density at radius 2 is 0.636 bits per heavy atom. The summed E-state index contributed by atoms with van der Waals surface area (Å²) in [6.45, 7) is -9.68. The van der Waals surface area contributed by atoms with E-state index >= 15 is 0 Å². The molecule has 0 saturated heterocycles. The van der Waals surface area contributed by atoms with Gasteiger partial charge in [-0.05, 0) is 0 Å². The minimum atomic E-state index is -5.27. The Balaban J connectivity index is 0. The Labute approximate surface area is 195 Å². The van der Waals surface area contributed by atoms with Crippen molar-refractivity contribution in [3.8, 4) is 0 Å². The van der Waals surface area contributed by atoms with Crippen LogP contribution in [0.15, 0.2) is 0 Å². The number of aliphatic hydroxyl groups excluding tert-OH is 12. The number of halogens is 1. The molecule has 0 rings (SSSR count). The molecular weight excluding hydrogens is 561 g/mol. The molecule has 0 aromatic rings. The average Bonchev–Trinajstić information content (AvgIpc) is 2.87. The van der Waals surface area contributed by atoms with Crippen molar-refractivity contribution < 1.29 is 77.6 Å². The molecule has 0 fully saturated rings. The van der Waals surface area contributed by atoms with Crippen LogP contribution in [0.3, 0.4) is 0 Å². The zero-order valence-corrected chi connectivity index (χ0v) is 21.9. The molecule has 0 bridgehead atoms. The third kappa shape index (κ3) is 7.98. The van der Waals surface area contributed by atoms with Gasteiger partial charge in [-0.15, -0.1) is 0 Å². The van der Waals surface area contributed by atoms with Crippen LogP contribution in [0.5, 0.6) is 0 Å². The second kappa shape index (κ2) is 13.0. The van der Waals surface area contributed by atoms with E-state index in [1.807, 2.05) is 0 Å². The van der Waals surface area contributed by atoms with Crippen LogP contribution < -0.4 is 0 Å². The molecule has 0 amide bonds. The molecular formula is C12H36ClO16P3S. The second-order valence-electron chi connectivity index (χ2n) is 7.79. The van der Waals surface area contributed by atoms with Crippen LogP contribution in [-0.4, -0.2) is 146 Å². The molecule has 33 heavy (non-hydrogen) atoms. The van der Waals surface area contributed by atoms with E-state index < -0.39 is 106 Å². The Morgan fingerprint density at radius 3 is 0.727 bits per heavy atom. The summed E-state index contributed by atoms with van der Waals surface area (Å²) in [6, 6.07) is 0. The van der Waals surface area contributed by atoms with Gasteiger partial charge in [-0.2, -0.15) is 0 Å². The molecule has 0 spiro atoms. The van der Waals surface area contributed by atoms with Gasteiger partial charge in [-0.1, -0.05) is 0 Å². The van der Waals surface area contributed by atoms with E-state index in [1.165, 1.54) is 0 Å². The molecule has 0 heterocycles. The molecule has 0 aromatic heterocycles. The summed E-state index contributed by atoms with van der Waals surface area (Å²) in [5, 5.41) is 109. The summed E-state index contributed by atoms with van der Waals surface area (Å²) in [5.41, 5.74) is 0. The molecule has 0 radical (unpaired) electrons. The zero-order chi connectivity index (χ0) is 26.7. The fourth-order valence-electron chi connectivity index (χ4n) is 1.52. The van der Waals surface area contributed by atoms with E-state index in [9.17, 15) is 49.3 Å². The maximum absolute atomic E-state index is 12.1. The van der Waals surface area contributed by atoms with Crippen LogP contribution in [0.2, 0.25) is 0 Å². The van der Waals surface area contributed by atoms with E-state index in [0.717, 1.165) is 0 Å². The SMILES string of the molecule is O=S(=O)(OP(CO)(CO)(CO)CO)OP(CO)(CO)(CO)CO.OCP(Cl)(CO)(CO)CO. The fraction of sp³-hybridized carbons (Fsp3) is 1.00. The predicted molar refractivity (Wildman–Crippen MR) is 123 cm³/mol. The van der Waals surface area contributed by atoms with Crippen LogP contribution in [0.25, 0.3) is 0 Å². The summed E-state index contributed by atoms with van der Waals surface area (Å²) >= 11 is 5.67. The molecule has 16 nitrogen and oxygen atoms in total. The molecule has 0 atom stereocenters. The van der Waals surface area contributed by atoms with Crippen LogP contribution >= 0.6 is 30.9 Å². The van der Waals surface area contributed by atoms with Gasteiger partial charge < -0.3 is 0 Å². The summed E-state index contributed by atoms with van der Waals surface area (Å²) in [7, 11) is -5.27. The standard InChI is InChI=1S/C8H24O12P2S.C4H12ClO4P/c9-1-21(2-10,3-11,4-12)19-23(17,18)20-22(5-13,6-14,7-15)8-16;5-10(1-6,2-7,3-8)4-9/h9-16H,1-8H2;6-9H,1-4H2. The zero-order valence-electron chi connectivity index (χ0n) is 17.6. The first-order chi connectivity index (χ1) is 15.1. The second-order valence-corrected chi connectivity index (χ2v) is 27.1. The Bertz CT molecular complexity index is 590. The molecule has 0 saturated carbocycles. The molecule has 0 aromatic carbocycles. The molecule has 0 aliphatic carbocycles. The normalized spacial score (nSPS) is 16.9. The van der Waals surface area contributed by atoms with Crippen molar-refractivity contribution in [1.29, 1.82) is 0 Å². The minimum absolute atomic E-state index is 0.545. The summed E-state index contributed by atoms with van der Waals surface area (Å²) in [5.74, 6) is -3.46. The first-order valence-electron chi connectivity index (χ1n) is 8.79. The number of aliphatic hydroxyl groups is 12. The summed E-state index contributed by atoms with van der Waals surface area (Å²) in [4.78, 5) is 0. The van der Waals surface area contributed by atoms with Crippen molar-refractivity contribution in [3.05, 3.63) is 0 Å². The van der Waals surface area contributed by atoms with Crippen molar-refractivity contribution in [2.24, 2.45) is 0 Å². The quantitative estimate of drug-likeness (QED) is 0.0762. The van der Waals surface area contributed by atoms with Crippen LogP contribution in [0, 0.1) is 0 Å². The first-order valence-corrected chi connectivity index (χ1v) is 19.8. The molecule has 0 aliphatic heterocycles. The third-order valence-corrected chi connectivity index (χ3v) is 19.5. The van der Waals surface area contributed by atoms with Gasteiger partial charge >= 0.3 is 195 Å². The van der Waals surface area contributed by atoms with E-state index in [2.05, 4.69) is 7.94 Å². The number of hydrogen-bond donors (Lipinski definition) is 12. The van der Waals surface area contributed by atoms with Crippen molar-refractivity contribution in [2.45, 2.75) is 0 Å². The van der Waals surface area contributed by atoms with Gasteiger partial charge in [0.25, 0.3) is 0 Å². The van der Waals surface area contributed by atoms with E-state index in [-0.39, 0.29) is 0 Å². The van der Waals surface area contributed by atoms with Crippen LogP contribution in [0.4, 0.5) is 0 Å². The van der Waals surface area contributed by atoms with Gasteiger partial charge in [0.2, 0.25) is 0 Å². The number of rotatable bonds is 16. The van der Waals surface area contributed by atoms with Crippen molar-refractivity contribution >= 4 is 41.3 Å². The molecule has 21 heteroatoms. The summed E-state index contributed by atoms with van der Waals surface area (Å²) in [6.07, 6.45) is -11.9. The molecule has 0 unspecified atom stereocenters. The van der Waals surface area contributed by atoms with Gasteiger partial charge in [0.15, 0.2) is 0 Å². The van der Waals surface area contributed by atoms with Gasteiger partial charge in [-0.3, -0.25) is 0 Å². The maximum atomic E-state index is 12.1. The predicted octanol–water partition coefficient (Wildman–Crippen LogP) is -3.71. The topological polar surface area (TPSA) is 295 Å². The third-order valence-electron chi connectivity index (χ3n) is 4.88. The van der Waals surface area contributed by atoms with Crippen molar-refractivity contribution in [2.75, 3.05) is 76.2 Å². The van der Waals surface area contributed by atoms with E-state index in [1.54, 1.807) is 0 Å². The molecule has 208 valence electrons. The molecule has 12 N–H and O–H groups in total. The van der Waals surface area contributed by atoms with Crippen molar-refractivity contribution in [3.63, 3.8) is 0 Å². The Kier molecular flexibility index (Phi) is 14.2. The van der Waals surface area contributed by atoms with Gasteiger partial charge in [0, 0.05) is 0 Å². The van der Waals surface area contributed by atoms with Gasteiger partial charge in [-0.25, -0.2) is 0 Å². The van der Waals surface area contributed by atoms with E-state index in [0.29, 0.717) is 0 Å². The molecule has 0 aliphatic rings. The van der Waals surface area contributed by atoms with Crippen LogP contribution in [-0.2, 0) is 18.3 Å². The summed E-state index contributed by atoms with van der Waals surface area (Å²) < 4.78 is 33.3. The Morgan fingerprint density at radius 1 is 0.455 bits per heavy atom. The average molecular weight is 597 g/mol. The fourth-order valence-corrected chi connectivity index (χ4v) is 9.13. The van der Waals surface area contributed by atoms with E-state index in [4.69, 9.17) is 31.7 Å².